The van der Waals surface area contributed by atoms with Gasteiger partial charge in [-0.1, -0.05) is 6.07 Å². The molecule has 0 unspecified atom stereocenters. The van der Waals surface area contributed by atoms with Crippen molar-refractivity contribution in [2.45, 2.75) is 13.5 Å². The number of carbonyl (C=O) groups excluding carboxylic acids is 1. The van der Waals surface area contributed by atoms with Crippen LogP contribution in [0.15, 0.2) is 33.3 Å². The third-order valence-electron chi connectivity index (χ3n) is 3.10. The van der Waals surface area contributed by atoms with Gasteiger partial charge in [-0.05, 0) is 18.4 Å². The van der Waals surface area contributed by atoms with E-state index in [9.17, 15) is 14.4 Å². The first kappa shape index (κ1) is 15.4. The molecule has 3 aromatic rings. The van der Waals surface area contributed by atoms with Crippen molar-refractivity contribution in [2.75, 3.05) is 0 Å². The number of aromatic amines is 2. The monoisotopic (exact) mass is 348 g/mol. The van der Waals surface area contributed by atoms with Crippen molar-refractivity contribution in [2.24, 2.45) is 0 Å². The molecule has 23 heavy (non-hydrogen) atoms. The number of carbonyl (C=O) groups is 1. The Labute approximate surface area is 138 Å². The summed E-state index contributed by atoms with van der Waals surface area (Å²) in [6, 6.07) is 3.95. The van der Waals surface area contributed by atoms with Gasteiger partial charge in [0, 0.05) is 11.1 Å². The van der Waals surface area contributed by atoms with Crippen molar-refractivity contribution in [3.05, 3.63) is 60.7 Å². The number of nitrogens with zero attached hydrogens (tertiary/aromatic N) is 1. The molecule has 3 rings (SSSR count). The second-order valence-corrected chi connectivity index (χ2v) is 6.70. The molecule has 1 amide bonds. The van der Waals surface area contributed by atoms with Crippen LogP contribution in [0.25, 0.3) is 9.88 Å². The fourth-order valence-corrected chi connectivity index (χ4v) is 3.73. The van der Waals surface area contributed by atoms with E-state index in [1.54, 1.807) is 11.3 Å². The Hall–Kier alpha value is -2.52. The zero-order chi connectivity index (χ0) is 16.4. The summed E-state index contributed by atoms with van der Waals surface area (Å²) >= 11 is 3.11. The summed E-state index contributed by atoms with van der Waals surface area (Å²) < 4.78 is 0. The van der Waals surface area contributed by atoms with E-state index in [2.05, 4.69) is 15.3 Å². The van der Waals surface area contributed by atoms with Gasteiger partial charge >= 0.3 is 5.69 Å². The van der Waals surface area contributed by atoms with E-state index in [-0.39, 0.29) is 12.1 Å². The molecule has 0 saturated heterocycles. The van der Waals surface area contributed by atoms with Gasteiger partial charge in [0.25, 0.3) is 11.5 Å². The Balaban J connectivity index is 1.74. The third-order valence-corrected chi connectivity index (χ3v) is 5.29. The highest BCUT2D eigenvalue weighted by Crippen LogP contribution is 2.30. The molecule has 0 saturated carbocycles. The molecule has 9 heteroatoms. The summed E-state index contributed by atoms with van der Waals surface area (Å²) in [4.78, 5) is 45.3. The predicted octanol–water partition coefficient (Wildman–Crippen LogP) is 1.49. The summed E-state index contributed by atoms with van der Waals surface area (Å²) in [7, 11) is 0. The smallest absolute Gasteiger partial charge is 0.325 e. The molecule has 7 nitrogen and oxygen atoms in total. The fourth-order valence-electron chi connectivity index (χ4n) is 1.93. The first-order valence-electron chi connectivity index (χ1n) is 6.65. The maximum atomic E-state index is 12.0. The molecule has 0 radical (unpaired) electrons. The molecule has 118 valence electrons. The van der Waals surface area contributed by atoms with Gasteiger partial charge in [-0.15, -0.1) is 22.7 Å². The molecule has 3 heterocycles. The van der Waals surface area contributed by atoms with Crippen LogP contribution in [0.1, 0.15) is 20.9 Å². The third kappa shape index (κ3) is 3.30. The topological polar surface area (TPSA) is 108 Å². The fraction of sp³-hybridized carbons (Fsp3) is 0.143. The minimum atomic E-state index is -0.716. The molecule has 0 aromatic carbocycles. The standard InChI is InChI=1S/C14H12N4O3S2/c1-7-10(23-13(17-7)9-3-2-4-22-9)6-15-11(19)8-5-16-14(21)18-12(8)20/h2-5H,6H2,1H3,(H,15,19)(H2,16,18,20,21). The van der Waals surface area contributed by atoms with E-state index in [1.807, 2.05) is 29.4 Å². The van der Waals surface area contributed by atoms with Crippen LogP contribution in [0.5, 0.6) is 0 Å². The summed E-state index contributed by atoms with van der Waals surface area (Å²) in [6.45, 7) is 2.15. The van der Waals surface area contributed by atoms with Gasteiger partial charge in [-0.2, -0.15) is 0 Å². The van der Waals surface area contributed by atoms with Crippen molar-refractivity contribution < 1.29 is 4.79 Å². The van der Waals surface area contributed by atoms with E-state index >= 15 is 0 Å². The number of aromatic nitrogens is 3. The average molecular weight is 348 g/mol. The number of amides is 1. The normalized spacial score (nSPS) is 10.7. The van der Waals surface area contributed by atoms with E-state index in [0.29, 0.717) is 0 Å². The van der Waals surface area contributed by atoms with Crippen LogP contribution in [0, 0.1) is 6.92 Å². The molecular formula is C14H12N4O3S2. The van der Waals surface area contributed by atoms with Crippen LogP contribution in [-0.2, 0) is 6.54 Å². The zero-order valence-corrected chi connectivity index (χ0v) is 13.6. The molecule has 0 bridgehead atoms. The summed E-state index contributed by atoms with van der Waals surface area (Å²) in [5.41, 5.74) is -0.656. The predicted molar refractivity (Wildman–Crippen MR) is 89.0 cm³/mol. The number of thiazole rings is 1. The van der Waals surface area contributed by atoms with Gasteiger partial charge in [-0.25, -0.2) is 9.78 Å². The average Bonchev–Trinajstić information content (AvgIpc) is 3.14. The van der Waals surface area contributed by atoms with Crippen molar-refractivity contribution >= 4 is 28.6 Å². The van der Waals surface area contributed by atoms with E-state index in [1.165, 1.54) is 11.3 Å². The van der Waals surface area contributed by atoms with Crippen LogP contribution in [0.3, 0.4) is 0 Å². The zero-order valence-electron chi connectivity index (χ0n) is 12.0. The van der Waals surface area contributed by atoms with Crippen LogP contribution in [0.2, 0.25) is 0 Å². The number of thiophene rings is 1. The summed E-state index contributed by atoms with van der Waals surface area (Å²) in [5.74, 6) is -0.548. The Bertz CT molecular complexity index is 953. The maximum Gasteiger partial charge on any atom is 0.325 e. The van der Waals surface area contributed by atoms with E-state index in [0.717, 1.165) is 26.7 Å². The van der Waals surface area contributed by atoms with Crippen molar-refractivity contribution in [3.63, 3.8) is 0 Å². The van der Waals surface area contributed by atoms with Gasteiger partial charge in [0.05, 0.1) is 17.1 Å². The Morgan fingerprint density at radius 2 is 2.22 bits per heavy atom. The lowest BCUT2D eigenvalue weighted by atomic mass is 10.3. The van der Waals surface area contributed by atoms with Crippen LogP contribution < -0.4 is 16.6 Å². The number of H-pyrrole nitrogens is 2. The molecule has 0 aliphatic rings. The highest BCUT2D eigenvalue weighted by molar-refractivity contribution is 7.21. The van der Waals surface area contributed by atoms with E-state index < -0.39 is 17.2 Å². The molecule has 0 spiro atoms. The summed E-state index contributed by atoms with van der Waals surface area (Å²) in [5, 5.41) is 5.56. The first-order valence-corrected chi connectivity index (χ1v) is 8.34. The van der Waals surface area contributed by atoms with Crippen molar-refractivity contribution in [1.29, 1.82) is 0 Å². The van der Waals surface area contributed by atoms with Gasteiger partial charge in [0.15, 0.2) is 0 Å². The molecular weight excluding hydrogens is 336 g/mol. The van der Waals surface area contributed by atoms with Gasteiger partial charge in [0.2, 0.25) is 0 Å². The van der Waals surface area contributed by atoms with Crippen LogP contribution in [0.4, 0.5) is 0 Å². The second-order valence-electron chi connectivity index (χ2n) is 4.67. The molecule has 0 atom stereocenters. The minimum Gasteiger partial charge on any atom is -0.347 e. The number of hydrogen-bond donors (Lipinski definition) is 3. The lowest BCUT2D eigenvalue weighted by molar-refractivity contribution is 0.0949. The second kappa shape index (κ2) is 6.31. The van der Waals surface area contributed by atoms with Crippen molar-refractivity contribution in [3.8, 4) is 9.88 Å². The molecule has 3 aromatic heterocycles. The SMILES string of the molecule is Cc1nc(-c2cccs2)sc1CNC(=O)c1c[nH]c(=O)[nH]c1=O. The number of rotatable bonds is 4. The molecule has 0 aliphatic carbocycles. The van der Waals surface area contributed by atoms with E-state index in [4.69, 9.17) is 0 Å². The molecule has 0 aliphatic heterocycles. The lowest BCUT2D eigenvalue weighted by Crippen LogP contribution is -2.33. The number of aryl methyl sites for hydroxylation is 1. The Morgan fingerprint density at radius 1 is 1.39 bits per heavy atom. The van der Waals surface area contributed by atoms with Crippen molar-refractivity contribution in [1.82, 2.24) is 20.3 Å². The number of hydrogen-bond acceptors (Lipinski definition) is 6. The van der Waals surface area contributed by atoms with Crippen LogP contribution >= 0.6 is 22.7 Å². The molecule has 3 N–H and O–H groups in total. The maximum absolute atomic E-state index is 12.0. The molecule has 0 fully saturated rings. The quantitative estimate of drug-likeness (QED) is 0.664. The Kier molecular flexibility index (Phi) is 4.22. The van der Waals surface area contributed by atoms with Gasteiger partial charge in [0.1, 0.15) is 10.6 Å². The highest BCUT2D eigenvalue weighted by atomic mass is 32.1. The number of nitrogens with one attached hydrogen (secondary N) is 3. The highest BCUT2D eigenvalue weighted by Gasteiger charge is 2.14. The summed E-state index contributed by atoms with van der Waals surface area (Å²) in [6.07, 6.45) is 1.10. The van der Waals surface area contributed by atoms with Gasteiger partial charge in [-0.3, -0.25) is 14.6 Å². The largest absolute Gasteiger partial charge is 0.347 e. The van der Waals surface area contributed by atoms with Gasteiger partial charge < -0.3 is 10.3 Å². The lowest BCUT2D eigenvalue weighted by Gasteiger charge is -2.02. The van der Waals surface area contributed by atoms with Crippen LogP contribution in [-0.4, -0.2) is 20.9 Å². The minimum absolute atomic E-state index is 0.134. The Morgan fingerprint density at radius 3 is 2.91 bits per heavy atom. The first-order chi connectivity index (χ1) is 11.0.